The highest BCUT2D eigenvalue weighted by molar-refractivity contribution is 9.10. The lowest BCUT2D eigenvalue weighted by atomic mass is 10.1. The molecule has 0 unspecified atom stereocenters. The third-order valence-electron chi connectivity index (χ3n) is 3.90. The number of nitrogens with one attached hydrogen (secondary N) is 2. The summed E-state index contributed by atoms with van der Waals surface area (Å²) in [5.41, 5.74) is 3.23. The van der Waals surface area contributed by atoms with Gasteiger partial charge in [-0.15, -0.1) is 0 Å². The van der Waals surface area contributed by atoms with Crippen molar-refractivity contribution in [1.82, 2.24) is 10.3 Å². The van der Waals surface area contributed by atoms with E-state index in [2.05, 4.69) is 26.2 Å². The van der Waals surface area contributed by atoms with Crippen LogP contribution >= 0.6 is 15.9 Å². The molecule has 122 valence electrons. The quantitative estimate of drug-likeness (QED) is 0.721. The Morgan fingerprint density at radius 1 is 1.12 bits per heavy atom. The number of aryl methyl sites for hydroxylation is 1. The van der Waals surface area contributed by atoms with Crippen LogP contribution in [0.1, 0.15) is 21.5 Å². The first kappa shape index (κ1) is 16.5. The summed E-state index contributed by atoms with van der Waals surface area (Å²) in [7, 11) is 0. The number of hydrogen-bond donors (Lipinski definition) is 2. The van der Waals surface area contributed by atoms with Gasteiger partial charge in [0.25, 0.3) is 11.5 Å². The molecule has 24 heavy (non-hydrogen) atoms. The SMILES string of the molecule is Cc1cc2cc(CCNC(=O)c3ccc(Br)cc3)ccc2[nH]c1=O. The van der Waals surface area contributed by atoms with Crippen molar-refractivity contribution >= 4 is 32.7 Å². The van der Waals surface area contributed by atoms with Crippen molar-refractivity contribution in [3.8, 4) is 0 Å². The third-order valence-corrected chi connectivity index (χ3v) is 4.43. The Balaban J connectivity index is 1.65. The first-order valence-corrected chi connectivity index (χ1v) is 8.48. The average molecular weight is 385 g/mol. The average Bonchev–Trinajstić information content (AvgIpc) is 2.56. The monoisotopic (exact) mass is 384 g/mol. The van der Waals surface area contributed by atoms with Crippen molar-refractivity contribution in [2.75, 3.05) is 6.54 Å². The van der Waals surface area contributed by atoms with Gasteiger partial charge in [-0.2, -0.15) is 0 Å². The summed E-state index contributed by atoms with van der Waals surface area (Å²) in [4.78, 5) is 26.5. The van der Waals surface area contributed by atoms with Gasteiger partial charge in [0.05, 0.1) is 0 Å². The van der Waals surface area contributed by atoms with Crippen molar-refractivity contribution in [2.24, 2.45) is 0 Å². The van der Waals surface area contributed by atoms with Crippen LogP contribution < -0.4 is 10.9 Å². The van der Waals surface area contributed by atoms with E-state index in [0.29, 0.717) is 17.7 Å². The molecule has 1 amide bonds. The van der Waals surface area contributed by atoms with Crippen molar-refractivity contribution in [3.63, 3.8) is 0 Å². The van der Waals surface area contributed by atoms with Gasteiger partial charge in [-0.3, -0.25) is 9.59 Å². The number of amides is 1. The van der Waals surface area contributed by atoms with E-state index in [4.69, 9.17) is 0 Å². The summed E-state index contributed by atoms with van der Waals surface area (Å²) in [6.07, 6.45) is 0.733. The molecule has 3 aromatic rings. The van der Waals surface area contributed by atoms with E-state index >= 15 is 0 Å². The zero-order valence-corrected chi connectivity index (χ0v) is 14.8. The summed E-state index contributed by atoms with van der Waals surface area (Å²) >= 11 is 3.35. The predicted molar refractivity (Wildman–Crippen MR) is 99.5 cm³/mol. The molecule has 0 radical (unpaired) electrons. The van der Waals surface area contributed by atoms with Crippen LogP contribution in [0.2, 0.25) is 0 Å². The van der Waals surface area contributed by atoms with E-state index in [0.717, 1.165) is 27.4 Å². The molecule has 0 fully saturated rings. The van der Waals surface area contributed by atoms with Crippen molar-refractivity contribution < 1.29 is 4.79 Å². The number of H-pyrrole nitrogens is 1. The molecule has 0 saturated heterocycles. The summed E-state index contributed by atoms with van der Waals surface area (Å²) in [6.45, 7) is 2.35. The molecule has 0 aliphatic carbocycles. The topological polar surface area (TPSA) is 62.0 Å². The summed E-state index contributed by atoms with van der Waals surface area (Å²) in [5.74, 6) is -0.0801. The first-order valence-electron chi connectivity index (χ1n) is 7.69. The molecule has 5 heteroatoms. The van der Waals surface area contributed by atoms with Gasteiger partial charge in [0.15, 0.2) is 0 Å². The fourth-order valence-corrected chi connectivity index (χ4v) is 2.81. The highest BCUT2D eigenvalue weighted by Crippen LogP contribution is 2.14. The lowest BCUT2D eigenvalue weighted by Crippen LogP contribution is -2.25. The standard InChI is InChI=1S/C19H17BrN2O2/c1-12-10-15-11-13(2-7-17(15)22-18(12)23)8-9-21-19(24)14-3-5-16(20)6-4-14/h2-7,10-11H,8-9H2,1H3,(H,21,24)(H,22,23). The van der Waals surface area contributed by atoms with Crippen molar-refractivity contribution in [3.05, 3.63) is 80.0 Å². The van der Waals surface area contributed by atoms with Crippen LogP contribution in [0.3, 0.4) is 0 Å². The minimum atomic E-state index is -0.0801. The van der Waals surface area contributed by atoms with E-state index in [-0.39, 0.29) is 11.5 Å². The second kappa shape index (κ2) is 7.01. The number of carbonyl (C=O) groups is 1. The molecular weight excluding hydrogens is 368 g/mol. The van der Waals surface area contributed by atoms with Crippen molar-refractivity contribution in [1.29, 1.82) is 0 Å². The number of rotatable bonds is 4. The Labute approximate surface area is 148 Å². The molecule has 0 saturated carbocycles. The third kappa shape index (κ3) is 3.74. The zero-order valence-electron chi connectivity index (χ0n) is 13.2. The minimum Gasteiger partial charge on any atom is -0.352 e. The van der Waals surface area contributed by atoms with Gasteiger partial charge in [-0.25, -0.2) is 0 Å². The predicted octanol–water partition coefficient (Wildman–Crippen LogP) is 3.57. The van der Waals surface area contributed by atoms with Gasteiger partial charge in [-0.1, -0.05) is 22.0 Å². The molecule has 1 aromatic heterocycles. The molecular formula is C19H17BrN2O2. The summed E-state index contributed by atoms with van der Waals surface area (Å²) in [6, 6.07) is 15.1. The lowest BCUT2D eigenvalue weighted by Gasteiger charge is -2.07. The van der Waals surface area contributed by atoms with Crippen LogP contribution in [-0.4, -0.2) is 17.4 Å². The molecule has 3 rings (SSSR count). The number of aromatic amines is 1. The molecule has 2 aromatic carbocycles. The minimum absolute atomic E-state index is 0.0583. The van der Waals surface area contributed by atoms with E-state index in [1.807, 2.05) is 36.4 Å². The lowest BCUT2D eigenvalue weighted by molar-refractivity contribution is 0.0954. The first-order chi connectivity index (χ1) is 11.5. The molecule has 0 aliphatic rings. The number of aromatic nitrogens is 1. The summed E-state index contributed by atoms with van der Waals surface area (Å²) < 4.78 is 0.948. The number of benzene rings is 2. The molecule has 1 heterocycles. The largest absolute Gasteiger partial charge is 0.352 e. The number of halogens is 1. The maximum atomic E-state index is 12.1. The fourth-order valence-electron chi connectivity index (χ4n) is 2.54. The molecule has 0 bridgehead atoms. The van der Waals surface area contributed by atoms with Crippen LogP contribution in [0.25, 0.3) is 10.9 Å². The second-order valence-corrected chi connectivity index (χ2v) is 6.63. The van der Waals surface area contributed by atoms with Crippen molar-refractivity contribution in [2.45, 2.75) is 13.3 Å². The molecule has 2 N–H and O–H groups in total. The Morgan fingerprint density at radius 3 is 2.62 bits per heavy atom. The van der Waals surface area contributed by atoms with Crippen LogP contribution in [-0.2, 0) is 6.42 Å². The van der Waals surface area contributed by atoms with Gasteiger partial charge >= 0.3 is 0 Å². The highest BCUT2D eigenvalue weighted by Gasteiger charge is 2.05. The van der Waals surface area contributed by atoms with Crippen LogP contribution in [0, 0.1) is 6.92 Å². The maximum absolute atomic E-state index is 12.1. The zero-order chi connectivity index (χ0) is 17.1. The number of carbonyl (C=O) groups excluding carboxylic acids is 1. The van der Waals surface area contributed by atoms with Crippen LogP contribution in [0.5, 0.6) is 0 Å². The van der Waals surface area contributed by atoms with Gasteiger partial charge < -0.3 is 10.3 Å². The van der Waals surface area contributed by atoms with Gasteiger partial charge in [0, 0.05) is 27.7 Å². The molecule has 0 spiro atoms. The Hall–Kier alpha value is -2.40. The van der Waals surface area contributed by atoms with Crippen LogP contribution in [0.4, 0.5) is 0 Å². The molecule has 0 atom stereocenters. The van der Waals surface area contributed by atoms with E-state index in [9.17, 15) is 9.59 Å². The van der Waals surface area contributed by atoms with Gasteiger partial charge in [0.1, 0.15) is 0 Å². The smallest absolute Gasteiger partial charge is 0.251 e. The normalized spacial score (nSPS) is 10.8. The van der Waals surface area contributed by atoms with Crippen LogP contribution in [0.15, 0.2) is 57.8 Å². The van der Waals surface area contributed by atoms with Gasteiger partial charge in [-0.05, 0) is 66.8 Å². The Kier molecular flexibility index (Phi) is 4.81. The number of hydrogen-bond acceptors (Lipinski definition) is 2. The van der Waals surface area contributed by atoms with E-state index < -0.39 is 0 Å². The number of fused-ring (bicyclic) bond motifs is 1. The Morgan fingerprint density at radius 2 is 1.88 bits per heavy atom. The molecule has 4 nitrogen and oxygen atoms in total. The fraction of sp³-hybridized carbons (Fsp3) is 0.158. The second-order valence-electron chi connectivity index (χ2n) is 5.72. The molecule has 0 aliphatic heterocycles. The summed E-state index contributed by atoms with van der Waals surface area (Å²) in [5, 5.41) is 3.93. The Bertz CT molecular complexity index is 946. The maximum Gasteiger partial charge on any atom is 0.251 e. The number of pyridine rings is 1. The van der Waals surface area contributed by atoms with E-state index in [1.165, 1.54) is 0 Å². The highest BCUT2D eigenvalue weighted by atomic mass is 79.9. The van der Waals surface area contributed by atoms with E-state index in [1.54, 1.807) is 19.1 Å². The van der Waals surface area contributed by atoms with Gasteiger partial charge in [0.2, 0.25) is 0 Å².